The van der Waals surface area contributed by atoms with E-state index in [1.807, 2.05) is 0 Å². The SMILES string of the molecule is CCN1CCC(C(CN2CCOCC2)C(=O)O)CC1. The Hall–Kier alpha value is -0.650. The van der Waals surface area contributed by atoms with E-state index < -0.39 is 5.97 Å². The van der Waals surface area contributed by atoms with Crippen LogP contribution in [0.15, 0.2) is 0 Å². The maximum Gasteiger partial charge on any atom is 0.308 e. The van der Waals surface area contributed by atoms with E-state index >= 15 is 0 Å². The van der Waals surface area contributed by atoms with Gasteiger partial charge in [-0.2, -0.15) is 0 Å². The summed E-state index contributed by atoms with van der Waals surface area (Å²) < 4.78 is 5.32. The highest BCUT2D eigenvalue weighted by molar-refractivity contribution is 5.70. The van der Waals surface area contributed by atoms with Gasteiger partial charge in [-0.05, 0) is 38.4 Å². The lowest BCUT2D eigenvalue weighted by Crippen LogP contribution is -2.45. The maximum absolute atomic E-state index is 11.6. The zero-order valence-electron chi connectivity index (χ0n) is 11.9. The van der Waals surface area contributed by atoms with Crippen LogP contribution in [0.1, 0.15) is 19.8 Å². The van der Waals surface area contributed by atoms with Crippen molar-refractivity contribution >= 4 is 5.97 Å². The molecule has 110 valence electrons. The van der Waals surface area contributed by atoms with Crippen molar-refractivity contribution in [2.75, 3.05) is 52.5 Å². The molecule has 0 radical (unpaired) electrons. The molecule has 0 spiro atoms. The van der Waals surface area contributed by atoms with Crippen LogP contribution in [0.5, 0.6) is 0 Å². The Balaban J connectivity index is 1.87. The van der Waals surface area contributed by atoms with Crippen molar-refractivity contribution in [3.63, 3.8) is 0 Å². The van der Waals surface area contributed by atoms with Crippen molar-refractivity contribution in [1.82, 2.24) is 9.80 Å². The smallest absolute Gasteiger partial charge is 0.308 e. The minimum atomic E-state index is -0.624. The summed E-state index contributed by atoms with van der Waals surface area (Å²) in [6, 6.07) is 0. The third-order valence-electron chi connectivity index (χ3n) is 4.52. The van der Waals surface area contributed by atoms with Crippen LogP contribution >= 0.6 is 0 Å². The minimum Gasteiger partial charge on any atom is -0.481 e. The summed E-state index contributed by atoms with van der Waals surface area (Å²) >= 11 is 0. The van der Waals surface area contributed by atoms with Crippen LogP contribution in [0.25, 0.3) is 0 Å². The summed E-state index contributed by atoms with van der Waals surface area (Å²) in [5.41, 5.74) is 0. The number of carboxylic acid groups (broad SMARTS) is 1. The van der Waals surface area contributed by atoms with Gasteiger partial charge in [0.05, 0.1) is 19.1 Å². The van der Waals surface area contributed by atoms with Gasteiger partial charge in [0, 0.05) is 19.6 Å². The first-order valence-electron chi connectivity index (χ1n) is 7.46. The molecule has 0 saturated carbocycles. The summed E-state index contributed by atoms with van der Waals surface area (Å²) in [7, 11) is 0. The summed E-state index contributed by atoms with van der Waals surface area (Å²) in [6.45, 7) is 9.25. The molecule has 0 bridgehead atoms. The van der Waals surface area contributed by atoms with Crippen molar-refractivity contribution in [2.24, 2.45) is 11.8 Å². The monoisotopic (exact) mass is 270 g/mol. The van der Waals surface area contributed by atoms with Crippen LogP contribution in [-0.2, 0) is 9.53 Å². The molecule has 5 heteroatoms. The first-order valence-corrected chi connectivity index (χ1v) is 7.46. The molecular formula is C14H26N2O3. The number of ether oxygens (including phenoxy) is 1. The largest absolute Gasteiger partial charge is 0.481 e. The van der Waals surface area contributed by atoms with Gasteiger partial charge < -0.3 is 14.7 Å². The fraction of sp³-hybridized carbons (Fsp3) is 0.929. The first kappa shape index (κ1) is 14.8. The summed E-state index contributed by atoms with van der Waals surface area (Å²) in [6.07, 6.45) is 2.05. The highest BCUT2D eigenvalue weighted by Crippen LogP contribution is 2.26. The molecule has 1 atom stereocenters. The van der Waals surface area contributed by atoms with Crippen LogP contribution in [0.2, 0.25) is 0 Å². The van der Waals surface area contributed by atoms with E-state index in [0.29, 0.717) is 12.5 Å². The number of rotatable bonds is 5. The second kappa shape index (κ2) is 7.22. The highest BCUT2D eigenvalue weighted by Gasteiger charge is 2.32. The van der Waals surface area contributed by atoms with Gasteiger partial charge in [-0.25, -0.2) is 0 Å². The molecular weight excluding hydrogens is 244 g/mol. The standard InChI is InChI=1S/C14H26N2O3/c1-2-15-5-3-12(4-6-15)13(14(17)18)11-16-7-9-19-10-8-16/h12-13H,2-11H2,1H3,(H,17,18). The zero-order chi connectivity index (χ0) is 13.7. The third kappa shape index (κ3) is 4.16. The second-order valence-corrected chi connectivity index (χ2v) is 5.63. The number of carbonyl (C=O) groups is 1. The maximum atomic E-state index is 11.6. The van der Waals surface area contributed by atoms with Gasteiger partial charge in [-0.1, -0.05) is 6.92 Å². The number of morpholine rings is 1. The zero-order valence-corrected chi connectivity index (χ0v) is 11.9. The number of carboxylic acids is 1. The molecule has 2 aliphatic rings. The normalized spacial score (nSPS) is 25.3. The molecule has 19 heavy (non-hydrogen) atoms. The van der Waals surface area contributed by atoms with Gasteiger partial charge in [-0.15, -0.1) is 0 Å². The van der Waals surface area contributed by atoms with Crippen molar-refractivity contribution < 1.29 is 14.6 Å². The number of hydrogen-bond donors (Lipinski definition) is 1. The average Bonchev–Trinajstić information content (AvgIpc) is 2.46. The van der Waals surface area contributed by atoms with Crippen molar-refractivity contribution in [3.8, 4) is 0 Å². The molecule has 2 saturated heterocycles. The van der Waals surface area contributed by atoms with Crippen molar-refractivity contribution in [3.05, 3.63) is 0 Å². The van der Waals surface area contributed by atoms with Crippen LogP contribution < -0.4 is 0 Å². The average molecular weight is 270 g/mol. The number of hydrogen-bond acceptors (Lipinski definition) is 4. The van der Waals surface area contributed by atoms with E-state index in [1.54, 1.807) is 0 Å². The summed E-state index contributed by atoms with van der Waals surface area (Å²) in [5.74, 6) is -0.498. The minimum absolute atomic E-state index is 0.211. The van der Waals surface area contributed by atoms with E-state index in [9.17, 15) is 9.90 Å². The summed E-state index contributed by atoms with van der Waals surface area (Å²) in [4.78, 5) is 16.2. The number of nitrogens with zero attached hydrogens (tertiary/aromatic N) is 2. The number of aliphatic carboxylic acids is 1. The van der Waals surface area contributed by atoms with Gasteiger partial charge in [0.25, 0.3) is 0 Å². The van der Waals surface area contributed by atoms with Crippen molar-refractivity contribution in [1.29, 1.82) is 0 Å². The Labute approximate surface area is 115 Å². The molecule has 0 aromatic heterocycles. The Bertz CT molecular complexity index is 284. The molecule has 0 amide bonds. The second-order valence-electron chi connectivity index (χ2n) is 5.63. The lowest BCUT2D eigenvalue weighted by molar-refractivity contribution is -0.145. The summed E-state index contributed by atoms with van der Waals surface area (Å²) in [5, 5.41) is 9.51. The molecule has 1 unspecified atom stereocenters. The lowest BCUT2D eigenvalue weighted by atomic mass is 9.83. The Kier molecular flexibility index (Phi) is 5.60. The predicted octanol–water partition coefficient (Wildman–Crippen LogP) is 0.751. The molecule has 1 N–H and O–H groups in total. The fourth-order valence-corrected chi connectivity index (χ4v) is 3.16. The van der Waals surface area contributed by atoms with E-state index in [4.69, 9.17) is 4.74 Å². The van der Waals surface area contributed by atoms with E-state index in [0.717, 1.165) is 58.8 Å². The lowest BCUT2D eigenvalue weighted by Gasteiger charge is -2.36. The molecule has 2 heterocycles. The molecule has 2 fully saturated rings. The van der Waals surface area contributed by atoms with Crippen LogP contribution in [-0.4, -0.2) is 73.4 Å². The van der Waals surface area contributed by atoms with E-state index in [2.05, 4.69) is 16.7 Å². The topological polar surface area (TPSA) is 53.0 Å². The predicted molar refractivity (Wildman–Crippen MR) is 73.2 cm³/mol. The molecule has 0 aliphatic carbocycles. The molecule has 2 aliphatic heterocycles. The van der Waals surface area contributed by atoms with Crippen LogP contribution in [0, 0.1) is 11.8 Å². The third-order valence-corrected chi connectivity index (χ3v) is 4.52. The Morgan fingerprint density at radius 3 is 2.37 bits per heavy atom. The van der Waals surface area contributed by atoms with Crippen LogP contribution in [0.3, 0.4) is 0 Å². The molecule has 0 aromatic carbocycles. The molecule has 0 aromatic rings. The van der Waals surface area contributed by atoms with Gasteiger partial charge >= 0.3 is 5.97 Å². The first-order chi connectivity index (χ1) is 9.20. The number of piperidine rings is 1. The Morgan fingerprint density at radius 2 is 1.84 bits per heavy atom. The van der Waals surface area contributed by atoms with Gasteiger partial charge in [-0.3, -0.25) is 9.69 Å². The van der Waals surface area contributed by atoms with E-state index in [1.165, 1.54) is 0 Å². The van der Waals surface area contributed by atoms with Crippen molar-refractivity contribution in [2.45, 2.75) is 19.8 Å². The quantitative estimate of drug-likeness (QED) is 0.799. The van der Waals surface area contributed by atoms with Gasteiger partial charge in [0.15, 0.2) is 0 Å². The Morgan fingerprint density at radius 1 is 1.21 bits per heavy atom. The highest BCUT2D eigenvalue weighted by atomic mass is 16.5. The van der Waals surface area contributed by atoms with Gasteiger partial charge in [0.1, 0.15) is 0 Å². The fourth-order valence-electron chi connectivity index (χ4n) is 3.16. The molecule has 2 rings (SSSR count). The molecule has 5 nitrogen and oxygen atoms in total. The van der Waals surface area contributed by atoms with E-state index in [-0.39, 0.29) is 5.92 Å². The number of likely N-dealkylation sites (tertiary alicyclic amines) is 1. The van der Waals surface area contributed by atoms with Gasteiger partial charge in [0.2, 0.25) is 0 Å². The van der Waals surface area contributed by atoms with Crippen LogP contribution in [0.4, 0.5) is 0 Å².